The molecule has 0 aromatic heterocycles. The minimum atomic E-state index is -0.593. The first-order valence-corrected chi connectivity index (χ1v) is 8.45. The predicted octanol–water partition coefficient (Wildman–Crippen LogP) is 3.21. The molecule has 0 aliphatic rings. The van der Waals surface area contributed by atoms with E-state index >= 15 is 0 Å². The Hall–Kier alpha value is -2.93. The molecular weight excluding hydrogens is 375 g/mol. The molecule has 0 radical (unpaired) electrons. The average Bonchev–Trinajstić information content (AvgIpc) is 2.67. The van der Waals surface area contributed by atoms with Gasteiger partial charge in [-0.2, -0.15) is 0 Å². The summed E-state index contributed by atoms with van der Waals surface area (Å²) in [5.74, 6) is -1.06. The van der Waals surface area contributed by atoms with Crippen LogP contribution in [0.15, 0.2) is 42.5 Å². The number of carbonyl (C=O) groups excluding carboxylic acids is 3. The fraction of sp³-hybridized carbons (Fsp3) is 0.211. The van der Waals surface area contributed by atoms with Crippen molar-refractivity contribution >= 4 is 34.9 Å². The summed E-state index contributed by atoms with van der Waals surface area (Å²) in [7, 11) is 1.53. The monoisotopic (exact) mass is 392 g/mol. The van der Waals surface area contributed by atoms with Crippen LogP contribution in [0.5, 0.6) is 5.75 Å². The molecule has 0 fully saturated rings. The molecule has 0 saturated carbocycles. The van der Waals surface area contributed by atoms with Crippen molar-refractivity contribution in [2.24, 2.45) is 0 Å². The zero-order valence-corrected chi connectivity index (χ0v) is 15.3. The summed E-state index contributed by atoms with van der Waals surface area (Å²) >= 11 is 5.63. The van der Waals surface area contributed by atoms with Crippen LogP contribution in [-0.2, 0) is 9.59 Å². The van der Waals surface area contributed by atoms with E-state index in [1.165, 1.54) is 19.2 Å². The molecule has 2 N–H and O–H groups in total. The van der Waals surface area contributed by atoms with Crippen LogP contribution >= 0.6 is 11.6 Å². The molecule has 0 aliphatic carbocycles. The molecule has 0 unspecified atom stereocenters. The Bertz CT molecular complexity index is 840. The SMILES string of the molecule is COc1ccc(C(=O)CCC(=O)NCC(=O)Nc2ccc(F)c(Cl)c2)cc1. The number of benzene rings is 2. The number of ketones is 1. The Morgan fingerprint density at radius 2 is 1.74 bits per heavy atom. The molecule has 2 amide bonds. The van der Waals surface area contributed by atoms with Crippen molar-refractivity contribution in [1.82, 2.24) is 5.32 Å². The lowest BCUT2D eigenvalue weighted by atomic mass is 10.1. The third-order valence-corrected chi connectivity index (χ3v) is 3.93. The molecule has 0 spiro atoms. The summed E-state index contributed by atoms with van der Waals surface area (Å²) in [6, 6.07) is 10.3. The molecule has 0 saturated heterocycles. The van der Waals surface area contributed by atoms with Gasteiger partial charge in [-0.15, -0.1) is 0 Å². The van der Waals surface area contributed by atoms with Gasteiger partial charge >= 0.3 is 0 Å². The van der Waals surface area contributed by atoms with Crippen molar-refractivity contribution in [3.05, 3.63) is 58.9 Å². The maximum atomic E-state index is 13.1. The van der Waals surface area contributed by atoms with Gasteiger partial charge in [-0.05, 0) is 42.5 Å². The van der Waals surface area contributed by atoms with Crippen LogP contribution in [0, 0.1) is 5.82 Å². The minimum absolute atomic E-state index is 0.0212. The third-order valence-electron chi connectivity index (χ3n) is 3.64. The normalized spacial score (nSPS) is 10.2. The smallest absolute Gasteiger partial charge is 0.243 e. The summed E-state index contributed by atoms with van der Waals surface area (Å²) in [5.41, 5.74) is 0.796. The molecule has 142 valence electrons. The lowest BCUT2D eigenvalue weighted by molar-refractivity contribution is -0.124. The number of nitrogens with one attached hydrogen (secondary N) is 2. The summed E-state index contributed by atoms with van der Waals surface area (Å²) in [4.78, 5) is 35.6. The predicted molar refractivity (Wildman–Crippen MR) is 99.6 cm³/mol. The number of carbonyl (C=O) groups is 3. The highest BCUT2D eigenvalue weighted by molar-refractivity contribution is 6.31. The summed E-state index contributed by atoms with van der Waals surface area (Å²) in [5, 5.41) is 4.79. The summed E-state index contributed by atoms with van der Waals surface area (Å²) in [6.45, 7) is -0.273. The second kappa shape index (κ2) is 9.68. The molecular formula is C19H18ClFN2O4. The van der Waals surface area contributed by atoms with E-state index in [1.807, 2.05) is 0 Å². The molecule has 2 aromatic carbocycles. The number of hydrogen-bond donors (Lipinski definition) is 2. The molecule has 2 rings (SSSR count). The van der Waals surface area contributed by atoms with E-state index < -0.39 is 17.6 Å². The van der Waals surface area contributed by atoms with Gasteiger partial charge in [-0.1, -0.05) is 11.6 Å². The van der Waals surface area contributed by atoms with E-state index in [1.54, 1.807) is 24.3 Å². The lowest BCUT2D eigenvalue weighted by Gasteiger charge is -2.08. The number of hydrogen-bond acceptors (Lipinski definition) is 4. The first-order chi connectivity index (χ1) is 12.9. The number of methoxy groups -OCH3 is 1. The Morgan fingerprint density at radius 1 is 1.04 bits per heavy atom. The highest BCUT2D eigenvalue weighted by atomic mass is 35.5. The van der Waals surface area contributed by atoms with Crippen molar-refractivity contribution in [3.63, 3.8) is 0 Å². The van der Waals surface area contributed by atoms with Gasteiger partial charge in [-0.3, -0.25) is 14.4 Å². The second-order valence-corrected chi connectivity index (χ2v) is 6.01. The third kappa shape index (κ3) is 6.38. The van der Waals surface area contributed by atoms with Gasteiger partial charge < -0.3 is 15.4 Å². The maximum Gasteiger partial charge on any atom is 0.243 e. The number of rotatable bonds is 8. The topological polar surface area (TPSA) is 84.5 Å². The fourth-order valence-corrected chi connectivity index (χ4v) is 2.38. The van der Waals surface area contributed by atoms with E-state index in [0.29, 0.717) is 17.0 Å². The number of amides is 2. The standard InChI is InChI=1S/C19H18ClFN2O4/c1-27-14-5-2-12(3-6-14)17(24)8-9-18(25)22-11-19(26)23-13-4-7-16(21)15(20)10-13/h2-7,10H,8-9,11H2,1H3,(H,22,25)(H,23,26). The summed E-state index contributed by atoms with van der Waals surface area (Å²) in [6.07, 6.45) is -0.0200. The fourth-order valence-electron chi connectivity index (χ4n) is 2.19. The van der Waals surface area contributed by atoms with Crippen LogP contribution in [0.1, 0.15) is 23.2 Å². The van der Waals surface area contributed by atoms with Crippen LogP contribution in [-0.4, -0.2) is 31.3 Å². The maximum absolute atomic E-state index is 13.1. The highest BCUT2D eigenvalue weighted by Crippen LogP contribution is 2.19. The van der Waals surface area contributed by atoms with Gasteiger partial charge in [0.2, 0.25) is 11.8 Å². The van der Waals surface area contributed by atoms with E-state index in [4.69, 9.17) is 16.3 Å². The summed E-state index contributed by atoms with van der Waals surface area (Å²) < 4.78 is 18.1. The van der Waals surface area contributed by atoms with Gasteiger partial charge in [0.25, 0.3) is 0 Å². The van der Waals surface area contributed by atoms with E-state index in [2.05, 4.69) is 10.6 Å². The van der Waals surface area contributed by atoms with Gasteiger partial charge in [0.05, 0.1) is 18.7 Å². The van der Waals surface area contributed by atoms with Crippen LogP contribution in [0.4, 0.5) is 10.1 Å². The quantitative estimate of drug-likeness (QED) is 0.675. The largest absolute Gasteiger partial charge is 0.497 e. The van der Waals surface area contributed by atoms with Crippen LogP contribution in [0.2, 0.25) is 5.02 Å². The zero-order chi connectivity index (χ0) is 19.8. The van der Waals surface area contributed by atoms with E-state index in [0.717, 1.165) is 6.07 Å². The van der Waals surface area contributed by atoms with E-state index in [9.17, 15) is 18.8 Å². The van der Waals surface area contributed by atoms with Crippen molar-refractivity contribution in [3.8, 4) is 5.75 Å². The van der Waals surface area contributed by atoms with Crippen LogP contribution in [0.3, 0.4) is 0 Å². The minimum Gasteiger partial charge on any atom is -0.497 e. The molecule has 2 aromatic rings. The lowest BCUT2D eigenvalue weighted by Crippen LogP contribution is -2.33. The Balaban J connectivity index is 1.74. The van der Waals surface area contributed by atoms with Crippen molar-refractivity contribution in [2.45, 2.75) is 12.8 Å². The van der Waals surface area contributed by atoms with Crippen LogP contribution < -0.4 is 15.4 Å². The molecule has 0 bridgehead atoms. The number of ether oxygens (including phenoxy) is 1. The molecule has 27 heavy (non-hydrogen) atoms. The second-order valence-electron chi connectivity index (χ2n) is 5.61. The van der Waals surface area contributed by atoms with Gasteiger partial charge in [0.15, 0.2) is 5.78 Å². The zero-order valence-electron chi connectivity index (χ0n) is 14.6. The molecule has 0 atom stereocenters. The van der Waals surface area contributed by atoms with E-state index in [-0.39, 0.29) is 30.2 Å². The van der Waals surface area contributed by atoms with Crippen molar-refractivity contribution in [1.29, 1.82) is 0 Å². The molecule has 0 heterocycles. The van der Waals surface area contributed by atoms with Gasteiger partial charge in [-0.25, -0.2) is 4.39 Å². The Morgan fingerprint density at radius 3 is 2.37 bits per heavy atom. The number of anilines is 1. The highest BCUT2D eigenvalue weighted by Gasteiger charge is 2.11. The Labute approximate surface area is 160 Å². The van der Waals surface area contributed by atoms with Crippen LogP contribution in [0.25, 0.3) is 0 Å². The van der Waals surface area contributed by atoms with Crippen molar-refractivity contribution < 1.29 is 23.5 Å². The van der Waals surface area contributed by atoms with Gasteiger partial charge in [0, 0.05) is 24.1 Å². The number of Topliss-reactive ketones (excluding diaryl/α,β-unsaturated/α-hetero) is 1. The number of halogens is 2. The molecule has 8 heteroatoms. The van der Waals surface area contributed by atoms with Crippen molar-refractivity contribution in [2.75, 3.05) is 19.0 Å². The average molecular weight is 393 g/mol. The van der Waals surface area contributed by atoms with Gasteiger partial charge in [0.1, 0.15) is 11.6 Å². The molecule has 0 aliphatic heterocycles. The first-order valence-electron chi connectivity index (χ1n) is 8.08. The first kappa shape index (κ1) is 20.4. The Kier molecular flexibility index (Phi) is 7.31. The molecule has 6 nitrogen and oxygen atoms in total.